The Balaban J connectivity index is 3.54. The SMILES string of the molecule is O=S(=O)(O)CC(CO)CCCPCCCPCCCC(CO)CS(=O)(=O)O. The van der Waals surface area contributed by atoms with Crippen LogP contribution in [0.25, 0.3) is 0 Å². The van der Waals surface area contributed by atoms with Gasteiger partial charge in [-0.25, -0.2) is 0 Å². The zero-order chi connectivity index (χ0) is 20.8. The molecule has 0 saturated heterocycles. The summed E-state index contributed by atoms with van der Waals surface area (Å²) in [6, 6.07) is 0. The standard InChI is InChI=1S/C15H34O8P2S2/c16-10-14(12-26(18,19)20)4-1-6-24-8-3-9-25-7-2-5-15(11-17)13-27(21,22)23/h14-17,24-25H,1-13H2,(H,18,19,20)(H,21,22,23). The lowest BCUT2D eigenvalue weighted by atomic mass is 10.1. The summed E-state index contributed by atoms with van der Waals surface area (Å²) in [5.41, 5.74) is 0. The van der Waals surface area contributed by atoms with E-state index in [-0.39, 0.29) is 24.7 Å². The first-order chi connectivity index (χ1) is 12.6. The van der Waals surface area contributed by atoms with Gasteiger partial charge in [0.2, 0.25) is 0 Å². The van der Waals surface area contributed by atoms with Gasteiger partial charge in [-0.3, -0.25) is 9.11 Å². The van der Waals surface area contributed by atoms with Gasteiger partial charge in [-0.2, -0.15) is 16.8 Å². The number of hydrogen-bond acceptors (Lipinski definition) is 6. The summed E-state index contributed by atoms with van der Waals surface area (Å²) in [5, 5.41) is 18.2. The molecular formula is C15H34O8P2S2. The van der Waals surface area contributed by atoms with E-state index in [1.165, 1.54) is 0 Å². The minimum absolute atomic E-state index is 0.231. The number of aliphatic hydroxyl groups excluding tert-OH is 2. The molecule has 0 radical (unpaired) electrons. The molecule has 27 heavy (non-hydrogen) atoms. The fourth-order valence-corrected chi connectivity index (χ4v) is 7.02. The molecule has 0 amide bonds. The smallest absolute Gasteiger partial charge is 0.265 e. The van der Waals surface area contributed by atoms with Gasteiger partial charge in [0.25, 0.3) is 20.2 Å². The maximum absolute atomic E-state index is 10.8. The van der Waals surface area contributed by atoms with Crippen molar-refractivity contribution < 1.29 is 36.2 Å². The fourth-order valence-electron chi connectivity index (χ4n) is 2.67. The molecular weight excluding hydrogens is 434 g/mol. The Morgan fingerprint density at radius 1 is 0.630 bits per heavy atom. The van der Waals surface area contributed by atoms with Crippen molar-refractivity contribution in [3.8, 4) is 0 Å². The number of hydrogen-bond donors (Lipinski definition) is 4. The molecule has 164 valence electrons. The molecule has 0 saturated carbocycles. The third-order valence-electron chi connectivity index (χ3n) is 4.05. The van der Waals surface area contributed by atoms with Crippen LogP contribution in [0.4, 0.5) is 0 Å². The molecule has 0 aromatic carbocycles. The molecule has 0 spiro atoms. The monoisotopic (exact) mass is 468 g/mol. The molecule has 0 heterocycles. The lowest BCUT2D eigenvalue weighted by molar-refractivity contribution is 0.229. The lowest BCUT2D eigenvalue weighted by Gasteiger charge is -2.12. The Morgan fingerprint density at radius 2 is 0.963 bits per heavy atom. The Bertz CT molecular complexity index is 518. The number of aliphatic hydroxyl groups is 2. The third-order valence-corrected chi connectivity index (χ3v) is 8.66. The van der Waals surface area contributed by atoms with E-state index < -0.39 is 32.1 Å². The predicted molar refractivity (Wildman–Crippen MR) is 113 cm³/mol. The minimum Gasteiger partial charge on any atom is -0.396 e. The maximum Gasteiger partial charge on any atom is 0.265 e. The van der Waals surface area contributed by atoms with Crippen LogP contribution in [-0.2, 0) is 20.2 Å². The van der Waals surface area contributed by atoms with E-state index in [1.807, 2.05) is 0 Å². The van der Waals surface area contributed by atoms with Crippen molar-refractivity contribution in [1.29, 1.82) is 0 Å². The summed E-state index contributed by atoms with van der Waals surface area (Å²) in [6.07, 6.45) is 8.25. The molecule has 0 aliphatic heterocycles. The third kappa shape index (κ3) is 19.7. The fraction of sp³-hybridized carbons (Fsp3) is 1.00. The second kappa shape index (κ2) is 15.4. The van der Waals surface area contributed by atoms with Gasteiger partial charge in [-0.1, -0.05) is 0 Å². The van der Waals surface area contributed by atoms with Crippen LogP contribution in [0.5, 0.6) is 0 Å². The topological polar surface area (TPSA) is 149 Å². The molecule has 8 nitrogen and oxygen atoms in total. The molecule has 0 aliphatic rings. The summed E-state index contributed by atoms with van der Waals surface area (Å²) in [6.45, 7) is -0.462. The maximum atomic E-state index is 10.8. The average Bonchev–Trinajstić information content (AvgIpc) is 2.55. The van der Waals surface area contributed by atoms with E-state index in [0.29, 0.717) is 12.8 Å². The van der Waals surface area contributed by atoms with Crippen LogP contribution < -0.4 is 0 Å². The van der Waals surface area contributed by atoms with Gasteiger partial charge in [0.05, 0.1) is 11.5 Å². The van der Waals surface area contributed by atoms with Gasteiger partial charge in [0, 0.05) is 13.2 Å². The second-order valence-corrected chi connectivity index (χ2v) is 12.7. The van der Waals surface area contributed by atoms with Gasteiger partial charge in [0.1, 0.15) is 0 Å². The summed E-state index contributed by atoms with van der Waals surface area (Å²) in [5.74, 6) is -1.55. The molecule has 4 atom stereocenters. The Kier molecular flexibility index (Phi) is 15.8. The first-order valence-corrected chi connectivity index (χ1v) is 15.2. The molecule has 0 aromatic rings. The highest BCUT2D eigenvalue weighted by Crippen LogP contribution is 2.21. The summed E-state index contributed by atoms with van der Waals surface area (Å²) in [7, 11) is -6.44. The molecule has 12 heteroatoms. The summed E-state index contributed by atoms with van der Waals surface area (Å²) in [4.78, 5) is 0. The van der Waals surface area contributed by atoms with E-state index in [4.69, 9.17) is 19.3 Å². The predicted octanol–water partition coefficient (Wildman–Crippen LogP) is 1.29. The lowest BCUT2D eigenvalue weighted by Crippen LogP contribution is -2.18. The van der Waals surface area contributed by atoms with Crippen LogP contribution in [0.15, 0.2) is 0 Å². The van der Waals surface area contributed by atoms with E-state index >= 15 is 0 Å². The van der Waals surface area contributed by atoms with Crippen molar-refractivity contribution in [3.63, 3.8) is 0 Å². The largest absolute Gasteiger partial charge is 0.396 e. The highest BCUT2D eigenvalue weighted by atomic mass is 32.2. The van der Waals surface area contributed by atoms with Gasteiger partial charge < -0.3 is 10.2 Å². The summed E-state index contributed by atoms with van der Waals surface area (Å²) < 4.78 is 60.8. The first kappa shape index (κ1) is 27.6. The van der Waals surface area contributed by atoms with Crippen molar-refractivity contribution in [2.24, 2.45) is 11.8 Å². The van der Waals surface area contributed by atoms with Crippen LogP contribution in [0.3, 0.4) is 0 Å². The highest BCUT2D eigenvalue weighted by molar-refractivity contribution is 7.86. The van der Waals surface area contributed by atoms with Crippen molar-refractivity contribution in [2.75, 3.05) is 49.4 Å². The molecule has 0 bridgehead atoms. The van der Waals surface area contributed by atoms with Crippen LogP contribution in [-0.4, -0.2) is 85.5 Å². The Hall–Kier alpha value is 0.600. The van der Waals surface area contributed by atoms with Gasteiger partial charge in [-0.05, 0) is 68.6 Å². The zero-order valence-corrected chi connectivity index (χ0v) is 19.2. The van der Waals surface area contributed by atoms with Crippen molar-refractivity contribution in [3.05, 3.63) is 0 Å². The number of rotatable bonds is 18. The van der Waals surface area contributed by atoms with Gasteiger partial charge in [0.15, 0.2) is 0 Å². The second-order valence-electron chi connectivity index (χ2n) is 6.73. The van der Waals surface area contributed by atoms with Crippen molar-refractivity contribution in [1.82, 2.24) is 0 Å². The zero-order valence-electron chi connectivity index (χ0n) is 15.6. The van der Waals surface area contributed by atoms with E-state index in [1.54, 1.807) is 0 Å². The molecule has 0 rings (SSSR count). The Morgan fingerprint density at radius 3 is 1.26 bits per heavy atom. The molecule has 0 aromatic heterocycles. The molecule has 0 aliphatic carbocycles. The van der Waals surface area contributed by atoms with Crippen molar-refractivity contribution >= 4 is 37.4 Å². The van der Waals surface area contributed by atoms with E-state index in [9.17, 15) is 16.8 Å². The van der Waals surface area contributed by atoms with E-state index in [0.717, 1.165) is 61.1 Å². The van der Waals surface area contributed by atoms with Crippen LogP contribution in [0, 0.1) is 11.8 Å². The van der Waals surface area contributed by atoms with Crippen LogP contribution >= 0.6 is 17.2 Å². The van der Waals surface area contributed by atoms with Gasteiger partial charge in [-0.15, -0.1) is 17.2 Å². The minimum atomic E-state index is -4.03. The average molecular weight is 469 g/mol. The summed E-state index contributed by atoms with van der Waals surface area (Å²) >= 11 is 0. The van der Waals surface area contributed by atoms with Gasteiger partial charge >= 0.3 is 0 Å². The normalized spacial score (nSPS) is 15.9. The Labute approximate surface area is 167 Å². The molecule has 4 unspecified atom stereocenters. The van der Waals surface area contributed by atoms with Crippen LogP contribution in [0.2, 0.25) is 0 Å². The highest BCUT2D eigenvalue weighted by Gasteiger charge is 2.16. The molecule has 0 fully saturated rings. The van der Waals surface area contributed by atoms with Crippen LogP contribution in [0.1, 0.15) is 32.1 Å². The molecule has 4 N–H and O–H groups in total. The first-order valence-electron chi connectivity index (χ1n) is 9.11. The van der Waals surface area contributed by atoms with E-state index in [2.05, 4.69) is 0 Å². The quantitative estimate of drug-likeness (QED) is 0.134. The van der Waals surface area contributed by atoms with Crippen molar-refractivity contribution in [2.45, 2.75) is 32.1 Å².